The van der Waals surface area contributed by atoms with Crippen molar-refractivity contribution < 1.29 is 0 Å². The molecule has 3 rings (SSSR count). The Kier molecular flexibility index (Phi) is 1.54. The number of hydrogen-bond acceptors (Lipinski definition) is 0. The van der Waals surface area contributed by atoms with Gasteiger partial charge in [0.25, 0.3) is 0 Å². The highest BCUT2D eigenvalue weighted by atomic mass is 14.6. The number of hydrogen-bond donors (Lipinski definition) is 0. The van der Waals surface area contributed by atoms with Gasteiger partial charge in [-0.15, -0.1) is 0 Å². The van der Waals surface area contributed by atoms with Crippen molar-refractivity contribution in [2.24, 2.45) is 29.6 Å². The van der Waals surface area contributed by atoms with E-state index in [1.54, 1.807) is 32.1 Å². The van der Waals surface area contributed by atoms with E-state index in [4.69, 9.17) is 0 Å². The van der Waals surface area contributed by atoms with Crippen LogP contribution in [0, 0.1) is 29.6 Å². The second kappa shape index (κ2) is 2.49. The highest BCUT2D eigenvalue weighted by molar-refractivity contribution is 5.00. The molecular weight excluding hydrogens is 144 g/mol. The van der Waals surface area contributed by atoms with Gasteiger partial charge in [-0.3, -0.25) is 0 Å². The quantitative estimate of drug-likeness (QED) is 0.514. The molecule has 0 N–H and O–H groups in total. The fraction of sp³-hybridized carbons (Fsp3) is 1.00. The second-order valence-electron chi connectivity index (χ2n) is 5.48. The van der Waals surface area contributed by atoms with Gasteiger partial charge in [0.05, 0.1) is 0 Å². The van der Waals surface area contributed by atoms with Crippen molar-refractivity contribution in [3.63, 3.8) is 0 Å². The first kappa shape index (κ1) is 7.41. The van der Waals surface area contributed by atoms with Crippen LogP contribution in [-0.4, -0.2) is 0 Å². The molecule has 0 aromatic rings. The van der Waals surface area contributed by atoms with Gasteiger partial charge < -0.3 is 0 Å². The molecule has 0 heteroatoms. The Morgan fingerprint density at radius 3 is 2.50 bits per heavy atom. The third-order valence-corrected chi connectivity index (χ3v) is 5.02. The lowest BCUT2D eigenvalue weighted by atomic mass is 9.64. The van der Waals surface area contributed by atoms with Crippen LogP contribution >= 0.6 is 0 Å². The van der Waals surface area contributed by atoms with E-state index in [2.05, 4.69) is 6.92 Å². The van der Waals surface area contributed by atoms with E-state index >= 15 is 0 Å². The van der Waals surface area contributed by atoms with Crippen LogP contribution < -0.4 is 0 Å². The van der Waals surface area contributed by atoms with Gasteiger partial charge >= 0.3 is 0 Å². The molecule has 0 aromatic carbocycles. The maximum atomic E-state index is 2.47. The molecule has 0 bridgehead atoms. The zero-order valence-electron chi connectivity index (χ0n) is 8.13. The molecule has 3 fully saturated rings. The van der Waals surface area contributed by atoms with Crippen molar-refractivity contribution in [1.29, 1.82) is 0 Å². The molecule has 0 heterocycles. The second-order valence-corrected chi connectivity index (χ2v) is 5.48. The standard InChI is InChI=1S/C12H20/c1-8-6-12-10-5-3-2-4-9(10)7-11(8)12/h8-12H,2-7H2,1H3. The molecule has 0 amide bonds. The largest absolute Gasteiger partial charge is 0.0622 e. The fourth-order valence-electron chi connectivity index (χ4n) is 4.35. The normalized spacial score (nSPS) is 57.2. The van der Waals surface area contributed by atoms with Gasteiger partial charge in [0.1, 0.15) is 0 Å². The Bertz CT molecular complexity index is 180. The molecule has 3 aliphatic carbocycles. The van der Waals surface area contributed by atoms with Gasteiger partial charge in [-0.25, -0.2) is 0 Å². The summed E-state index contributed by atoms with van der Waals surface area (Å²) in [4.78, 5) is 0. The minimum atomic E-state index is 1.08. The summed E-state index contributed by atoms with van der Waals surface area (Å²) in [7, 11) is 0. The van der Waals surface area contributed by atoms with Crippen LogP contribution in [0.3, 0.4) is 0 Å². The van der Waals surface area contributed by atoms with Crippen molar-refractivity contribution in [3.05, 3.63) is 0 Å². The summed E-state index contributed by atoms with van der Waals surface area (Å²) in [6.07, 6.45) is 9.42. The van der Waals surface area contributed by atoms with Crippen LogP contribution in [-0.2, 0) is 0 Å². The molecule has 12 heavy (non-hydrogen) atoms. The Morgan fingerprint density at radius 2 is 1.67 bits per heavy atom. The molecule has 5 unspecified atom stereocenters. The smallest absolute Gasteiger partial charge is 0.0349 e. The van der Waals surface area contributed by atoms with Crippen LogP contribution in [0.5, 0.6) is 0 Å². The van der Waals surface area contributed by atoms with E-state index in [0.717, 1.165) is 11.8 Å². The summed E-state index contributed by atoms with van der Waals surface area (Å²) >= 11 is 0. The van der Waals surface area contributed by atoms with E-state index in [1.165, 1.54) is 24.2 Å². The molecular formula is C12H20. The Hall–Kier alpha value is 0. The highest BCUT2D eigenvalue weighted by Crippen LogP contribution is 2.59. The summed E-state index contributed by atoms with van der Waals surface area (Å²) in [5.41, 5.74) is 0. The molecule has 0 saturated heterocycles. The predicted octanol–water partition coefficient (Wildman–Crippen LogP) is 3.47. The van der Waals surface area contributed by atoms with Crippen molar-refractivity contribution in [3.8, 4) is 0 Å². The third kappa shape index (κ3) is 0.843. The zero-order valence-corrected chi connectivity index (χ0v) is 8.13. The Morgan fingerprint density at radius 1 is 0.833 bits per heavy atom. The SMILES string of the molecule is CC1CC2C1CC1CCCCC12. The summed E-state index contributed by atoms with van der Waals surface area (Å²) < 4.78 is 0. The van der Waals surface area contributed by atoms with Crippen molar-refractivity contribution >= 4 is 0 Å². The Labute approximate surface area is 75.7 Å². The van der Waals surface area contributed by atoms with Gasteiger partial charge in [0, 0.05) is 0 Å². The maximum Gasteiger partial charge on any atom is -0.0349 e. The van der Waals surface area contributed by atoms with Crippen LogP contribution in [0.25, 0.3) is 0 Å². The summed E-state index contributed by atoms with van der Waals surface area (Å²) in [5.74, 6) is 5.78. The molecule has 3 saturated carbocycles. The van der Waals surface area contributed by atoms with E-state index < -0.39 is 0 Å². The van der Waals surface area contributed by atoms with Gasteiger partial charge in [-0.05, 0) is 48.9 Å². The lowest BCUT2D eigenvalue weighted by Crippen LogP contribution is -2.34. The fourth-order valence-corrected chi connectivity index (χ4v) is 4.35. The summed E-state index contributed by atoms with van der Waals surface area (Å²) in [6, 6.07) is 0. The minimum Gasteiger partial charge on any atom is -0.0622 e. The van der Waals surface area contributed by atoms with E-state index in [9.17, 15) is 0 Å². The minimum absolute atomic E-state index is 1.08. The summed E-state index contributed by atoms with van der Waals surface area (Å²) in [6.45, 7) is 2.47. The molecule has 0 aromatic heterocycles. The molecule has 0 radical (unpaired) electrons. The average Bonchev–Trinajstić information content (AvgIpc) is 2.39. The lowest BCUT2D eigenvalue weighted by molar-refractivity contribution is 0.0775. The van der Waals surface area contributed by atoms with Crippen molar-refractivity contribution in [2.45, 2.75) is 45.4 Å². The third-order valence-electron chi connectivity index (χ3n) is 5.02. The van der Waals surface area contributed by atoms with E-state index in [-0.39, 0.29) is 0 Å². The van der Waals surface area contributed by atoms with E-state index in [0.29, 0.717) is 0 Å². The Balaban J connectivity index is 1.77. The topological polar surface area (TPSA) is 0 Å². The molecule has 3 aliphatic rings. The van der Waals surface area contributed by atoms with Gasteiger partial charge in [0.2, 0.25) is 0 Å². The van der Waals surface area contributed by atoms with E-state index in [1.807, 2.05) is 0 Å². The van der Waals surface area contributed by atoms with Gasteiger partial charge in [-0.1, -0.05) is 26.2 Å². The first-order valence-corrected chi connectivity index (χ1v) is 5.86. The predicted molar refractivity (Wildman–Crippen MR) is 50.8 cm³/mol. The van der Waals surface area contributed by atoms with Gasteiger partial charge in [0.15, 0.2) is 0 Å². The first-order chi connectivity index (χ1) is 5.86. The van der Waals surface area contributed by atoms with Crippen molar-refractivity contribution in [2.75, 3.05) is 0 Å². The van der Waals surface area contributed by atoms with Crippen LogP contribution in [0.4, 0.5) is 0 Å². The molecule has 0 spiro atoms. The molecule has 0 aliphatic heterocycles. The zero-order chi connectivity index (χ0) is 8.13. The van der Waals surface area contributed by atoms with Gasteiger partial charge in [-0.2, -0.15) is 0 Å². The maximum absolute atomic E-state index is 2.47. The van der Waals surface area contributed by atoms with Crippen LogP contribution in [0.1, 0.15) is 45.4 Å². The molecule has 5 atom stereocenters. The van der Waals surface area contributed by atoms with Crippen molar-refractivity contribution in [1.82, 2.24) is 0 Å². The number of fused-ring (bicyclic) bond motifs is 3. The first-order valence-electron chi connectivity index (χ1n) is 5.86. The monoisotopic (exact) mass is 164 g/mol. The number of rotatable bonds is 0. The average molecular weight is 164 g/mol. The van der Waals surface area contributed by atoms with Crippen LogP contribution in [0.2, 0.25) is 0 Å². The lowest BCUT2D eigenvalue weighted by Gasteiger charge is -2.41. The molecule has 0 nitrogen and oxygen atoms in total. The molecule has 68 valence electrons. The summed E-state index contributed by atoms with van der Waals surface area (Å²) in [5, 5.41) is 0. The van der Waals surface area contributed by atoms with Crippen LogP contribution in [0.15, 0.2) is 0 Å². The highest BCUT2D eigenvalue weighted by Gasteiger charge is 2.51.